The number of rotatable bonds is 7. The van der Waals surface area contributed by atoms with Crippen molar-refractivity contribution in [2.75, 3.05) is 13.2 Å². The van der Waals surface area contributed by atoms with E-state index in [1.165, 1.54) is 77.1 Å². The molecule has 7 aromatic rings. The van der Waals surface area contributed by atoms with Gasteiger partial charge in [0.2, 0.25) is 0 Å². The molecule has 66 heavy (non-hydrogen) atoms. The van der Waals surface area contributed by atoms with Crippen LogP contribution in [0, 0.1) is 16.2 Å². The van der Waals surface area contributed by atoms with Crippen LogP contribution in [0.2, 0.25) is 0 Å². The second-order valence-corrected chi connectivity index (χ2v) is 21.5. The summed E-state index contributed by atoms with van der Waals surface area (Å²) in [4.78, 5) is 0. The number of allylic oxidation sites excluding steroid dienone is 5. The van der Waals surface area contributed by atoms with E-state index in [9.17, 15) is 0 Å². The molecule has 3 aliphatic rings. The minimum atomic E-state index is -2.51. The van der Waals surface area contributed by atoms with Crippen molar-refractivity contribution in [1.82, 2.24) is 0 Å². The molecule has 3 heteroatoms. The predicted octanol–water partition coefficient (Wildman–Crippen LogP) is 12.9. The van der Waals surface area contributed by atoms with Crippen LogP contribution >= 0.6 is 7.26 Å². The molecule has 1 fully saturated rings. The molecule has 1 nitrogen and oxygen atoms in total. The summed E-state index contributed by atoms with van der Waals surface area (Å²) in [6.07, 6.45) is 12.9. The van der Waals surface area contributed by atoms with Crippen LogP contribution in [-0.2, 0) is 48.4 Å². The van der Waals surface area contributed by atoms with Gasteiger partial charge in [-0.1, -0.05) is 66.7 Å². The van der Waals surface area contributed by atoms with E-state index in [0.29, 0.717) is 13.2 Å². The van der Waals surface area contributed by atoms with Crippen LogP contribution in [0.3, 0.4) is 0 Å². The van der Waals surface area contributed by atoms with Crippen LogP contribution in [0.1, 0.15) is 81.3 Å². The number of fused-ring (bicyclic) bond motifs is 4. The maximum absolute atomic E-state index is 6.09. The Hall–Kier alpha value is -6.13. The van der Waals surface area contributed by atoms with Gasteiger partial charge in [0, 0.05) is 0 Å². The van der Waals surface area contributed by atoms with Crippen molar-refractivity contribution < 1.29 is 22.7 Å². The van der Waals surface area contributed by atoms with Gasteiger partial charge in [-0.25, -0.2) is 0 Å². The van der Waals surface area contributed by atoms with Crippen molar-refractivity contribution in [3.8, 4) is 16.2 Å². The van der Waals surface area contributed by atoms with E-state index >= 15 is 0 Å². The Morgan fingerprint density at radius 1 is 0.545 bits per heavy atom. The first-order chi connectivity index (χ1) is 32.6. The second kappa shape index (κ2) is 19.8. The van der Waals surface area contributed by atoms with E-state index in [1.807, 2.05) is 17.9 Å². The van der Waals surface area contributed by atoms with Crippen LogP contribution in [0.25, 0.3) is 6.08 Å². The van der Waals surface area contributed by atoms with E-state index in [4.69, 9.17) is 4.74 Å². The van der Waals surface area contributed by atoms with E-state index < -0.39 is 7.26 Å². The molecule has 10 rings (SSSR count). The molecule has 0 spiro atoms. The molecule has 1 heterocycles. The van der Waals surface area contributed by atoms with Gasteiger partial charge in [-0.05, 0) is 36.5 Å². The van der Waals surface area contributed by atoms with Crippen molar-refractivity contribution in [2.45, 2.75) is 51.4 Å². The Kier molecular flexibility index (Phi) is 13.1. The Morgan fingerprint density at radius 2 is 1.03 bits per heavy atom. The molecule has 7 aromatic carbocycles. The van der Waals surface area contributed by atoms with E-state index in [1.54, 1.807) is 0 Å². The van der Waals surface area contributed by atoms with Crippen LogP contribution in [0.15, 0.2) is 216 Å². The first-order valence-corrected chi connectivity index (χ1v) is 26.3. The second-order valence-electron chi connectivity index (χ2n) is 17.5. The van der Waals surface area contributed by atoms with Crippen molar-refractivity contribution in [2.24, 2.45) is 0 Å². The zero-order valence-electron chi connectivity index (χ0n) is 37.7. The fraction of sp³-hybridized carbons (Fsp3) is 0.159. The number of hydrogen-bond donors (Lipinski definition) is 0. The van der Waals surface area contributed by atoms with E-state index in [2.05, 4.69) is 230 Å². The molecule has 2 unspecified atom stereocenters. The number of hydrogen-bond acceptors (Lipinski definition) is 1. The van der Waals surface area contributed by atoms with Gasteiger partial charge in [0.05, 0.1) is 0 Å². The Bertz CT molecular complexity index is 3060. The van der Waals surface area contributed by atoms with Crippen molar-refractivity contribution in [3.63, 3.8) is 0 Å². The average Bonchev–Trinajstić information content (AvgIpc) is 3.69. The van der Waals surface area contributed by atoms with Crippen LogP contribution in [0.4, 0.5) is 0 Å². The fourth-order valence-electron chi connectivity index (χ4n) is 10.8. The van der Waals surface area contributed by atoms with Crippen LogP contribution < -0.4 is 15.9 Å². The van der Waals surface area contributed by atoms with Crippen molar-refractivity contribution in [3.05, 3.63) is 272 Å². The molecule has 0 aromatic heterocycles. The Morgan fingerprint density at radius 3 is 1.58 bits per heavy atom. The molecule has 0 bridgehead atoms. The summed E-state index contributed by atoms with van der Waals surface area (Å²) in [7, 11) is -2.51. The summed E-state index contributed by atoms with van der Waals surface area (Å²) in [5.41, 5.74) is 17.2. The molecule has 0 amide bonds. The SMILES string of the molecule is CC=C1COCC1=CC(C#Cc1ccc2c(c1)CCc1ccccc1C2C1c2ccccc2CCc2cc(/C=C/C)ccc21)=C([C]#[Os])[P+](c1ccccc1)(c1ccccc1)c1ccccc1. The molecule has 2 atom stereocenters. The van der Waals surface area contributed by atoms with Gasteiger partial charge in [0.1, 0.15) is 0 Å². The normalized spacial score (nSPS) is 18.2. The summed E-state index contributed by atoms with van der Waals surface area (Å²) in [6.45, 7) is 5.38. The summed E-state index contributed by atoms with van der Waals surface area (Å²) in [6, 6.07) is 66.0. The van der Waals surface area contributed by atoms with Gasteiger partial charge in [0.25, 0.3) is 0 Å². The van der Waals surface area contributed by atoms with E-state index in [-0.39, 0.29) is 11.8 Å². The summed E-state index contributed by atoms with van der Waals surface area (Å²) in [5, 5.41) is 4.97. The molecule has 0 N–H and O–H groups in total. The molecular formula is C63H53OOsP+. The summed E-state index contributed by atoms with van der Waals surface area (Å²) in [5.74, 6) is 8.00. The molecule has 2 aliphatic carbocycles. The molecule has 0 saturated carbocycles. The number of ether oxygens (including phenoxy) is 1. The van der Waals surface area contributed by atoms with Gasteiger partial charge in [-0.2, -0.15) is 0 Å². The quantitative estimate of drug-likeness (QED) is 0.114. The van der Waals surface area contributed by atoms with Crippen molar-refractivity contribution >= 4 is 29.3 Å². The average molecular weight is 1050 g/mol. The van der Waals surface area contributed by atoms with Gasteiger partial charge >= 0.3 is 301 Å². The standard InChI is InChI=1S/C63H53OP.Os/c1-4-19-46-31-38-60-52(40-46)36-34-49-20-15-17-28-58(49)62(60)63-59-29-18-16-21-50(59)35-37-53-41-47(32-39-61(53)63)30-33-51(42-54-44-64-43-48(54)5-2)45(3)65(55-22-9-6-10-23-55,56-24-11-7-12-25-56)57-26-13-8-14-27-57;/h4-29,31-32,38-42,62-63H,34-37,43-44H2,1-2H3;/q+1;/b19-4+,48-5?,51-45?,54-42?;. The topological polar surface area (TPSA) is 9.23 Å². The number of benzene rings is 7. The monoisotopic (exact) mass is 1050 g/mol. The van der Waals surface area contributed by atoms with Crippen molar-refractivity contribution in [1.29, 1.82) is 0 Å². The van der Waals surface area contributed by atoms with Crippen LogP contribution in [-0.4, -0.2) is 13.2 Å². The van der Waals surface area contributed by atoms with Gasteiger partial charge in [0.15, 0.2) is 0 Å². The third kappa shape index (κ3) is 8.33. The first-order valence-electron chi connectivity index (χ1n) is 23.3. The summed E-state index contributed by atoms with van der Waals surface area (Å²) >= 11 is 1.81. The Balaban J connectivity index is 1.18. The van der Waals surface area contributed by atoms with Gasteiger partial charge in [-0.15, -0.1) is 0 Å². The van der Waals surface area contributed by atoms with Crippen LogP contribution in [0.5, 0.6) is 0 Å². The molecular weight excluding hydrogens is 994 g/mol. The Labute approximate surface area is 402 Å². The predicted molar refractivity (Wildman–Crippen MR) is 275 cm³/mol. The molecule has 1 saturated heterocycles. The molecule has 0 radical (unpaired) electrons. The molecule has 323 valence electrons. The number of aryl methyl sites for hydroxylation is 4. The third-order valence-electron chi connectivity index (χ3n) is 13.8. The fourth-order valence-corrected chi connectivity index (χ4v) is 16.5. The summed E-state index contributed by atoms with van der Waals surface area (Å²) < 4.78 is 9.96. The van der Waals surface area contributed by atoms with Gasteiger partial charge in [-0.3, -0.25) is 0 Å². The maximum atomic E-state index is 6.09. The molecule has 1 aliphatic heterocycles. The zero-order valence-corrected chi connectivity index (χ0v) is 41.1. The van der Waals surface area contributed by atoms with E-state index in [0.717, 1.165) is 42.1 Å². The first kappa shape index (κ1) is 43.7. The minimum absolute atomic E-state index is 0.151. The third-order valence-corrected chi connectivity index (χ3v) is 19.2. The zero-order chi connectivity index (χ0) is 44.9. The van der Waals surface area contributed by atoms with Gasteiger partial charge < -0.3 is 0 Å².